The van der Waals surface area contributed by atoms with Gasteiger partial charge in [-0.3, -0.25) is 14.9 Å². The Morgan fingerprint density at radius 1 is 1.37 bits per heavy atom. The van der Waals surface area contributed by atoms with Gasteiger partial charge in [0.05, 0.1) is 9.95 Å². The molecular weight excluding hydrogens is 278 g/mol. The molecule has 0 radical (unpaired) electrons. The van der Waals surface area contributed by atoms with Crippen LogP contribution in [-0.4, -0.2) is 28.6 Å². The van der Waals surface area contributed by atoms with Gasteiger partial charge >= 0.3 is 12.0 Å². The van der Waals surface area contributed by atoms with Crippen molar-refractivity contribution >= 4 is 29.3 Å². The first kappa shape index (κ1) is 14.7. The molecule has 0 unspecified atom stereocenters. The zero-order valence-electron chi connectivity index (χ0n) is 9.55. The molecule has 0 aliphatic carbocycles. The zero-order chi connectivity index (χ0) is 14.4. The summed E-state index contributed by atoms with van der Waals surface area (Å²) < 4.78 is 0. The first-order chi connectivity index (χ1) is 8.90. The van der Waals surface area contributed by atoms with Crippen molar-refractivity contribution in [1.29, 1.82) is 0 Å². The number of nitrogens with one attached hydrogen (secondary N) is 2. The molecule has 2 amide bonds. The molecule has 0 aliphatic rings. The Kier molecular flexibility index (Phi) is 5.07. The van der Waals surface area contributed by atoms with E-state index in [2.05, 4.69) is 10.6 Å². The first-order valence-corrected chi connectivity index (χ1v) is 5.44. The van der Waals surface area contributed by atoms with E-state index < -0.39 is 23.5 Å². The molecule has 0 atom stereocenters. The van der Waals surface area contributed by atoms with Crippen LogP contribution < -0.4 is 10.6 Å². The number of carboxylic acid groups (broad SMARTS) is 1. The molecule has 0 fully saturated rings. The molecule has 8 nitrogen and oxygen atoms in total. The summed E-state index contributed by atoms with van der Waals surface area (Å²) >= 11 is 5.81. The molecule has 102 valence electrons. The molecule has 1 aromatic rings. The van der Waals surface area contributed by atoms with Gasteiger partial charge in [0.1, 0.15) is 6.54 Å². The predicted molar refractivity (Wildman–Crippen MR) is 66.0 cm³/mol. The molecule has 0 aliphatic heterocycles. The lowest BCUT2D eigenvalue weighted by Crippen LogP contribution is -2.38. The molecule has 19 heavy (non-hydrogen) atoms. The van der Waals surface area contributed by atoms with Crippen molar-refractivity contribution in [3.8, 4) is 0 Å². The molecule has 3 N–H and O–H groups in total. The second-order valence-corrected chi connectivity index (χ2v) is 3.87. The number of carbonyl (C=O) groups is 2. The highest BCUT2D eigenvalue weighted by Crippen LogP contribution is 2.22. The van der Waals surface area contributed by atoms with E-state index in [0.717, 1.165) is 0 Å². The van der Waals surface area contributed by atoms with E-state index in [9.17, 15) is 19.7 Å². The van der Waals surface area contributed by atoms with Crippen molar-refractivity contribution in [3.05, 3.63) is 38.9 Å². The second kappa shape index (κ2) is 6.55. The van der Waals surface area contributed by atoms with Crippen molar-refractivity contribution in [2.45, 2.75) is 6.54 Å². The van der Waals surface area contributed by atoms with Gasteiger partial charge in [0.2, 0.25) is 0 Å². The number of nitro benzene ring substituents is 1. The van der Waals surface area contributed by atoms with Crippen molar-refractivity contribution in [2.75, 3.05) is 6.54 Å². The highest BCUT2D eigenvalue weighted by atomic mass is 35.5. The average molecular weight is 288 g/mol. The summed E-state index contributed by atoms with van der Waals surface area (Å²) in [6.07, 6.45) is 0. The third kappa shape index (κ3) is 4.80. The molecule has 0 bridgehead atoms. The summed E-state index contributed by atoms with van der Waals surface area (Å²) in [4.78, 5) is 31.3. The third-order valence-electron chi connectivity index (χ3n) is 2.09. The number of carbonyl (C=O) groups excluding carboxylic acids is 1. The smallest absolute Gasteiger partial charge is 0.323 e. The van der Waals surface area contributed by atoms with Gasteiger partial charge in [-0.15, -0.1) is 0 Å². The van der Waals surface area contributed by atoms with Gasteiger partial charge in [-0.05, 0) is 11.6 Å². The van der Waals surface area contributed by atoms with Gasteiger partial charge in [0, 0.05) is 18.7 Å². The summed E-state index contributed by atoms with van der Waals surface area (Å²) in [5.74, 6) is -1.16. The number of hydrogen-bond acceptors (Lipinski definition) is 4. The molecular formula is C10H10ClN3O5. The number of hydrogen-bond donors (Lipinski definition) is 3. The Morgan fingerprint density at radius 2 is 2.05 bits per heavy atom. The van der Waals surface area contributed by atoms with Gasteiger partial charge in [-0.25, -0.2) is 4.79 Å². The maximum atomic E-state index is 11.2. The van der Waals surface area contributed by atoms with Gasteiger partial charge in [0.25, 0.3) is 5.69 Å². The minimum absolute atomic E-state index is 0.0300. The standard InChI is InChI=1S/C10H10ClN3O5/c11-8-3-7(14(18)19)2-1-6(8)4-12-10(17)13-5-9(15)16/h1-3H,4-5H2,(H,15,16)(H2,12,13,17). The molecule has 9 heteroatoms. The number of rotatable bonds is 5. The Labute approximate surface area is 112 Å². The summed E-state index contributed by atoms with van der Waals surface area (Å²) in [6.45, 7) is -0.470. The predicted octanol–water partition coefficient (Wildman–Crippen LogP) is 1.13. The molecule has 0 saturated heterocycles. The van der Waals surface area contributed by atoms with Crippen LogP contribution in [-0.2, 0) is 11.3 Å². The Hall–Kier alpha value is -2.35. The summed E-state index contributed by atoms with van der Waals surface area (Å²) in [5, 5.41) is 23.5. The van der Waals surface area contributed by atoms with E-state index in [1.54, 1.807) is 0 Å². The minimum atomic E-state index is -1.16. The van der Waals surface area contributed by atoms with Crippen LogP contribution >= 0.6 is 11.6 Å². The first-order valence-electron chi connectivity index (χ1n) is 5.06. The number of non-ortho nitro benzene ring substituents is 1. The maximum absolute atomic E-state index is 11.2. The van der Waals surface area contributed by atoms with E-state index in [1.807, 2.05) is 0 Å². The lowest BCUT2D eigenvalue weighted by molar-refractivity contribution is -0.384. The largest absolute Gasteiger partial charge is 0.480 e. The minimum Gasteiger partial charge on any atom is -0.480 e. The zero-order valence-corrected chi connectivity index (χ0v) is 10.3. The van der Waals surface area contributed by atoms with Gasteiger partial charge in [0.15, 0.2) is 0 Å². The number of urea groups is 1. The highest BCUT2D eigenvalue weighted by molar-refractivity contribution is 6.31. The average Bonchev–Trinajstić information content (AvgIpc) is 2.34. The van der Waals surface area contributed by atoms with E-state index in [4.69, 9.17) is 16.7 Å². The normalized spacial score (nSPS) is 9.74. The summed E-state index contributed by atoms with van der Waals surface area (Å²) in [7, 11) is 0. The molecule has 1 aromatic carbocycles. The number of amides is 2. The highest BCUT2D eigenvalue weighted by Gasteiger charge is 2.10. The fraction of sp³-hybridized carbons (Fsp3) is 0.200. The second-order valence-electron chi connectivity index (χ2n) is 3.46. The number of benzene rings is 1. The third-order valence-corrected chi connectivity index (χ3v) is 2.44. The van der Waals surface area contributed by atoms with Crippen LogP contribution in [0.1, 0.15) is 5.56 Å². The number of nitro groups is 1. The van der Waals surface area contributed by atoms with Crippen molar-refractivity contribution in [3.63, 3.8) is 0 Å². The Morgan fingerprint density at radius 3 is 2.58 bits per heavy atom. The number of aliphatic carboxylic acids is 1. The van der Waals surface area contributed by atoms with Crippen LogP contribution in [0.15, 0.2) is 18.2 Å². The summed E-state index contributed by atoms with van der Waals surface area (Å²) in [6, 6.07) is 3.18. The Balaban J connectivity index is 2.56. The van der Waals surface area contributed by atoms with Crippen LogP contribution in [0.4, 0.5) is 10.5 Å². The van der Waals surface area contributed by atoms with Crippen molar-refractivity contribution < 1.29 is 19.6 Å². The number of halogens is 1. The maximum Gasteiger partial charge on any atom is 0.323 e. The van der Waals surface area contributed by atoms with E-state index in [0.29, 0.717) is 5.56 Å². The van der Waals surface area contributed by atoms with Crippen molar-refractivity contribution in [2.24, 2.45) is 0 Å². The molecule has 0 heterocycles. The number of nitrogens with zero attached hydrogens (tertiary/aromatic N) is 1. The van der Waals surface area contributed by atoms with Gasteiger partial charge < -0.3 is 15.7 Å². The van der Waals surface area contributed by atoms with Gasteiger partial charge in [-0.2, -0.15) is 0 Å². The van der Waals surface area contributed by atoms with Crippen LogP contribution in [0.25, 0.3) is 0 Å². The number of carboxylic acids is 1. The molecule has 0 saturated carbocycles. The fourth-order valence-electron chi connectivity index (χ4n) is 1.19. The van der Waals surface area contributed by atoms with Gasteiger partial charge in [-0.1, -0.05) is 11.6 Å². The monoisotopic (exact) mass is 287 g/mol. The van der Waals surface area contributed by atoms with E-state index in [1.165, 1.54) is 18.2 Å². The molecule has 0 aromatic heterocycles. The fourth-order valence-corrected chi connectivity index (χ4v) is 1.43. The quantitative estimate of drug-likeness (QED) is 0.553. The Bertz CT molecular complexity index is 520. The SMILES string of the molecule is O=C(O)CNC(=O)NCc1ccc([N+](=O)[O-])cc1Cl. The lowest BCUT2D eigenvalue weighted by atomic mass is 10.2. The molecule has 0 spiro atoms. The van der Waals surface area contributed by atoms with Crippen LogP contribution in [0.3, 0.4) is 0 Å². The van der Waals surface area contributed by atoms with E-state index in [-0.39, 0.29) is 17.3 Å². The van der Waals surface area contributed by atoms with E-state index >= 15 is 0 Å². The lowest BCUT2D eigenvalue weighted by Gasteiger charge is -2.07. The topological polar surface area (TPSA) is 122 Å². The van der Waals surface area contributed by atoms with Crippen LogP contribution in [0, 0.1) is 10.1 Å². The molecule has 1 rings (SSSR count). The van der Waals surface area contributed by atoms with Crippen LogP contribution in [0.5, 0.6) is 0 Å². The summed E-state index contributed by atoms with van der Waals surface area (Å²) in [5.41, 5.74) is 0.335. The van der Waals surface area contributed by atoms with Crippen molar-refractivity contribution in [1.82, 2.24) is 10.6 Å². The van der Waals surface area contributed by atoms with Crippen LogP contribution in [0.2, 0.25) is 5.02 Å².